The lowest BCUT2D eigenvalue weighted by molar-refractivity contribution is -0.137. The molecule has 1 aliphatic rings. The van der Waals surface area contributed by atoms with Crippen molar-refractivity contribution in [3.8, 4) is 5.75 Å². The van der Waals surface area contributed by atoms with Crippen molar-refractivity contribution in [2.45, 2.75) is 24.3 Å². The van der Waals surface area contributed by atoms with Crippen molar-refractivity contribution in [1.82, 2.24) is 9.62 Å². The molecular formula is C12H15N3O5S. The Hall–Kier alpha value is -2.13. The number of nitrogens with zero attached hydrogens (tertiary/aromatic N) is 1. The molecule has 0 aliphatic carbocycles. The highest BCUT2D eigenvalue weighted by molar-refractivity contribution is 7.89. The molecule has 2 rings (SSSR count). The van der Waals surface area contributed by atoms with Crippen LogP contribution in [0, 0.1) is 0 Å². The monoisotopic (exact) mass is 313 g/mol. The van der Waals surface area contributed by atoms with Crippen molar-refractivity contribution in [3.63, 3.8) is 0 Å². The molecular weight excluding hydrogens is 298 g/mol. The molecule has 1 heterocycles. The number of nitrogens with two attached hydrogens (primary N) is 1. The number of imide groups is 1. The summed E-state index contributed by atoms with van der Waals surface area (Å²) in [6.07, 6.45) is 0.228. The molecule has 2 amide bonds. The Kier molecular flexibility index (Phi) is 3.88. The molecule has 8 nitrogen and oxygen atoms in total. The van der Waals surface area contributed by atoms with E-state index in [0.29, 0.717) is 0 Å². The van der Waals surface area contributed by atoms with E-state index in [1.165, 1.54) is 6.07 Å². The molecule has 1 aliphatic heterocycles. The average molecular weight is 313 g/mol. The van der Waals surface area contributed by atoms with E-state index < -0.39 is 34.4 Å². The normalized spacial score (nSPS) is 20.3. The average Bonchev–Trinajstić information content (AvgIpc) is 2.41. The summed E-state index contributed by atoms with van der Waals surface area (Å²) in [6.45, 7) is 1.21. The molecule has 114 valence electrons. The Bertz CT molecular complexity index is 701. The first-order valence-corrected chi connectivity index (χ1v) is 7.65. The third-order valence-corrected chi connectivity index (χ3v) is 5.06. The molecule has 1 aromatic rings. The molecule has 1 atom stereocenters. The molecule has 1 aromatic carbocycles. The minimum absolute atomic E-state index is 0.100. The van der Waals surface area contributed by atoms with Gasteiger partial charge in [-0.2, -0.15) is 4.31 Å². The zero-order valence-electron chi connectivity index (χ0n) is 11.2. The Labute approximate surface area is 121 Å². The highest BCUT2D eigenvalue weighted by atomic mass is 32.2. The Morgan fingerprint density at radius 2 is 2.10 bits per heavy atom. The van der Waals surface area contributed by atoms with Gasteiger partial charge in [-0.3, -0.25) is 14.9 Å². The Balaban J connectivity index is 2.47. The van der Waals surface area contributed by atoms with E-state index in [0.717, 1.165) is 16.4 Å². The largest absolute Gasteiger partial charge is 0.506 e. The van der Waals surface area contributed by atoms with Gasteiger partial charge in [0.2, 0.25) is 21.8 Å². The topological polar surface area (TPSA) is 130 Å². The summed E-state index contributed by atoms with van der Waals surface area (Å²) in [4.78, 5) is 23.0. The number of nitrogens with one attached hydrogen (secondary N) is 1. The molecule has 0 aromatic heterocycles. The fourth-order valence-corrected chi connectivity index (χ4v) is 3.77. The molecule has 9 heteroatoms. The second-order valence-corrected chi connectivity index (χ2v) is 6.50. The number of piperazine rings is 1. The van der Waals surface area contributed by atoms with Gasteiger partial charge in [0, 0.05) is 0 Å². The highest BCUT2D eigenvalue weighted by Crippen LogP contribution is 2.27. The number of amides is 2. The van der Waals surface area contributed by atoms with Crippen LogP contribution in [-0.4, -0.2) is 42.2 Å². The predicted molar refractivity (Wildman–Crippen MR) is 73.6 cm³/mol. The van der Waals surface area contributed by atoms with Crippen LogP contribution < -0.4 is 11.1 Å². The van der Waals surface area contributed by atoms with Crippen LogP contribution in [0.4, 0.5) is 5.69 Å². The van der Waals surface area contributed by atoms with Crippen LogP contribution in [0.5, 0.6) is 5.75 Å². The minimum Gasteiger partial charge on any atom is -0.506 e. The number of nitrogen functional groups attached to an aromatic ring is 1. The van der Waals surface area contributed by atoms with Crippen LogP contribution in [0.2, 0.25) is 0 Å². The maximum Gasteiger partial charge on any atom is 0.245 e. The lowest BCUT2D eigenvalue weighted by Gasteiger charge is -2.32. The molecule has 1 fully saturated rings. The minimum atomic E-state index is -4.07. The van der Waals surface area contributed by atoms with Crippen LogP contribution in [0.1, 0.15) is 13.3 Å². The van der Waals surface area contributed by atoms with E-state index in [4.69, 9.17) is 5.73 Å². The lowest BCUT2D eigenvalue weighted by Crippen LogP contribution is -2.59. The summed E-state index contributed by atoms with van der Waals surface area (Å²) in [6, 6.07) is 2.46. The van der Waals surface area contributed by atoms with E-state index in [2.05, 4.69) is 5.32 Å². The van der Waals surface area contributed by atoms with E-state index in [1.807, 2.05) is 0 Å². The number of hydrogen-bond donors (Lipinski definition) is 3. The maximum absolute atomic E-state index is 12.6. The summed E-state index contributed by atoms with van der Waals surface area (Å²) >= 11 is 0. The first kappa shape index (κ1) is 15.3. The van der Waals surface area contributed by atoms with Gasteiger partial charge in [0.1, 0.15) is 11.8 Å². The summed E-state index contributed by atoms with van der Waals surface area (Å²) in [5.74, 6) is -1.57. The van der Waals surface area contributed by atoms with Gasteiger partial charge >= 0.3 is 0 Å². The number of aromatic hydroxyl groups is 1. The molecule has 4 N–H and O–H groups in total. The SMILES string of the molecule is CCC1C(=O)NC(=O)CN1S(=O)(=O)c1ccc(O)c(N)c1. The van der Waals surface area contributed by atoms with Gasteiger partial charge in [0.15, 0.2) is 0 Å². The van der Waals surface area contributed by atoms with Crippen molar-refractivity contribution in [3.05, 3.63) is 18.2 Å². The Morgan fingerprint density at radius 3 is 2.67 bits per heavy atom. The van der Waals surface area contributed by atoms with Crippen LogP contribution in [0.25, 0.3) is 0 Å². The first-order valence-electron chi connectivity index (χ1n) is 6.21. The van der Waals surface area contributed by atoms with Crippen molar-refractivity contribution >= 4 is 27.5 Å². The fraction of sp³-hybridized carbons (Fsp3) is 0.333. The Morgan fingerprint density at radius 1 is 1.43 bits per heavy atom. The highest BCUT2D eigenvalue weighted by Gasteiger charge is 2.40. The second kappa shape index (κ2) is 5.34. The van der Waals surface area contributed by atoms with Crippen molar-refractivity contribution in [2.24, 2.45) is 0 Å². The van der Waals surface area contributed by atoms with Gasteiger partial charge in [-0.1, -0.05) is 6.92 Å². The number of hydrogen-bond acceptors (Lipinski definition) is 6. The fourth-order valence-electron chi connectivity index (χ4n) is 2.11. The van der Waals surface area contributed by atoms with Gasteiger partial charge in [-0.25, -0.2) is 8.42 Å². The zero-order chi connectivity index (χ0) is 15.8. The van der Waals surface area contributed by atoms with E-state index >= 15 is 0 Å². The number of anilines is 1. The number of rotatable bonds is 3. The number of phenolic OH excluding ortho intramolecular Hbond substituents is 1. The third kappa shape index (κ3) is 2.69. The van der Waals surface area contributed by atoms with Crippen LogP contribution >= 0.6 is 0 Å². The van der Waals surface area contributed by atoms with Crippen LogP contribution in [0.3, 0.4) is 0 Å². The maximum atomic E-state index is 12.6. The molecule has 21 heavy (non-hydrogen) atoms. The third-order valence-electron chi connectivity index (χ3n) is 3.20. The van der Waals surface area contributed by atoms with Crippen molar-refractivity contribution < 1.29 is 23.1 Å². The number of benzene rings is 1. The first-order chi connectivity index (χ1) is 9.77. The summed E-state index contributed by atoms with van der Waals surface area (Å²) < 4.78 is 26.0. The van der Waals surface area contributed by atoms with Crippen LogP contribution in [0.15, 0.2) is 23.1 Å². The lowest BCUT2D eigenvalue weighted by atomic mass is 10.2. The number of sulfonamides is 1. The number of carbonyl (C=O) groups excluding carboxylic acids is 2. The van der Waals surface area contributed by atoms with E-state index in [9.17, 15) is 23.1 Å². The zero-order valence-corrected chi connectivity index (χ0v) is 12.1. The van der Waals surface area contributed by atoms with Gasteiger partial charge in [0.25, 0.3) is 0 Å². The van der Waals surface area contributed by atoms with Gasteiger partial charge in [-0.05, 0) is 24.6 Å². The van der Waals surface area contributed by atoms with E-state index in [-0.39, 0.29) is 22.8 Å². The number of phenols is 1. The predicted octanol–water partition coefficient (Wildman–Crippen LogP) is -0.600. The smallest absolute Gasteiger partial charge is 0.245 e. The van der Waals surface area contributed by atoms with Gasteiger partial charge in [0.05, 0.1) is 17.1 Å². The van der Waals surface area contributed by atoms with Gasteiger partial charge in [-0.15, -0.1) is 0 Å². The summed E-state index contributed by atoms with van der Waals surface area (Å²) in [5, 5.41) is 11.5. The summed E-state index contributed by atoms with van der Waals surface area (Å²) in [7, 11) is -4.07. The molecule has 0 radical (unpaired) electrons. The number of carbonyl (C=O) groups is 2. The van der Waals surface area contributed by atoms with Crippen LogP contribution in [-0.2, 0) is 19.6 Å². The molecule has 0 saturated carbocycles. The quantitative estimate of drug-likeness (QED) is 0.388. The summed E-state index contributed by atoms with van der Waals surface area (Å²) in [5.41, 5.74) is 5.39. The second-order valence-electron chi connectivity index (χ2n) is 4.61. The van der Waals surface area contributed by atoms with Gasteiger partial charge < -0.3 is 10.8 Å². The van der Waals surface area contributed by atoms with Crippen molar-refractivity contribution in [2.75, 3.05) is 12.3 Å². The molecule has 1 unspecified atom stereocenters. The van der Waals surface area contributed by atoms with Crippen molar-refractivity contribution in [1.29, 1.82) is 0 Å². The molecule has 0 spiro atoms. The molecule has 0 bridgehead atoms. The van der Waals surface area contributed by atoms with E-state index in [1.54, 1.807) is 6.92 Å². The standard InChI is InChI=1S/C12H15N3O5S/c1-2-9-12(18)14-11(17)6-15(9)21(19,20)7-3-4-10(16)8(13)5-7/h3-5,9,16H,2,6,13H2,1H3,(H,14,17,18). The molecule has 1 saturated heterocycles.